The third-order valence-corrected chi connectivity index (χ3v) is 4.74. The van der Waals surface area contributed by atoms with E-state index in [9.17, 15) is 14.4 Å². The lowest BCUT2D eigenvalue weighted by atomic mass is 10.1. The summed E-state index contributed by atoms with van der Waals surface area (Å²) in [6, 6.07) is -0.722. The Hall–Kier alpha value is -2.26. The SMILES string of the molecule is [C-]#[N+]c1scc2c1C(=O)N([C@H]1CCCC(=C)CC1=O)C2=O. The van der Waals surface area contributed by atoms with E-state index in [1.54, 1.807) is 0 Å². The number of amides is 2. The molecule has 1 aromatic heterocycles. The molecule has 0 radical (unpaired) electrons. The quantitative estimate of drug-likeness (QED) is 0.347. The van der Waals surface area contributed by atoms with Gasteiger partial charge in [0.15, 0.2) is 5.78 Å². The number of thiophene rings is 1. The molecule has 0 N–H and O–H groups in total. The second kappa shape index (κ2) is 4.93. The standard InChI is InChI=1S/C15H12N2O3S/c1-8-4-3-5-10(11(18)6-8)17-14(19)9-7-21-13(16-2)12(9)15(17)20/h7,10H,1,3-6H2/t10-/m0/s1. The van der Waals surface area contributed by atoms with Crippen molar-refractivity contribution in [2.75, 3.05) is 0 Å². The summed E-state index contributed by atoms with van der Waals surface area (Å²) in [6.07, 6.45) is 2.16. The van der Waals surface area contributed by atoms with E-state index in [4.69, 9.17) is 6.57 Å². The molecule has 3 rings (SSSR count). The third-order valence-electron chi connectivity index (χ3n) is 3.87. The average Bonchev–Trinajstić information content (AvgIpc) is 2.92. The second-order valence-corrected chi connectivity index (χ2v) is 6.08. The summed E-state index contributed by atoms with van der Waals surface area (Å²) < 4.78 is 0. The number of rotatable bonds is 1. The largest absolute Gasteiger partial charge is 0.297 e. The number of nitrogens with zero attached hydrogens (tertiary/aromatic N) is 2. The molecule has 1 aliphatic heterocycles. The summed E-state index contributed by atoms with van der Waals surface area (Å²) in [5, 5.41) is 1.75. The van der Waals surface area contributed by atoms with Gasteiger partial charge in [-0.2, -0.15) is 11.3 Å². The Morgan fingerprint density at radius 1 is 1.33 bits per heavy atom. The minimum absolute atomic E-state index is 0.141. The number of hydrogen-bond acceptors (Lipinski definition) is 4. The fraction of sp³-hybridized carbons (Fsp3) is 0.333. The molecule has 5 nitrogen and oxygen atoms in total. The lowest BCUT2D eigenvalue weighted by Crippen LogP contribution is -2.44. The van der Waals surface area contributed by atoms with Gasteiger partial charge in [-0.3, -0.25) is 19.3 Å². The normalized spacial score (nSPS) is 22.2. The number of fused-ring (bicyclic) bond motifs is 1. The van der Waals surface area contributed by atoms with Gasteiger partial charge in [-0.25, -0.2) is 4.85 Å². The first kappa shape index (κ1) is 13.7. The van der Waals surface area contributed by atoms with Gasteiger partial charge in [0.2, 0.25) is 0 Å². The van der Waals surface area contributed by atoms with Crippen LogP contribution in [0.2, 0.25) is 0 Å². The number of Topliss-reactive ketones (excluding diaryl/α,β-unsaturated/α-hetero) is 1. The first-order valence-corrected chi connectivity index (χ1v) is 7.48. The van der Waals surface area contributed by atoms with Crippen molar-refractivity contribution in [3.05, 3.63) is 40.1 Å². The Morgan fingerprint density at radius 2 is 2.10 bits per heavy atom. The zero-order chi connectivity index (χ0) is 15.1. The van der Waals surface area contributed by atoms with Crippen molar-refractivity contribution in [3.63, 3.8) is 0 Å². The molecule has 2 aliphatic rings. The van der Waals surface area contributed by atoms with Crippen molar-refractivity contribution in [2.45, 2.75) is 31.7 Å². The summed E-state index contributed by atoms with van der Waals surface area (Å²) in [5.41, 5.74) is 1.26. The maximum absolute atomic E-state index is 12.5. The van der Waals surface area contributed by atoms with Crippen LogP contribution in [0.3, 0.4) is 0 Å². The van der Waals surface area contributed by atoms with Crippen LogP contribution in [0.1, 0.15) is 46.4 Å². The minimum Gasteiger partial charge on any atom is -0.297 e. The highest BCUT2D eigenvalue weighted by Crippen LogP contribution is 2.39. The van der Waals surface area contributed by atoms with Crippen LogP contribution in [0.15, 0.2) is 17.5 Å². The maximum atomic E-state index is 12.5. The number of allylic oxidation sites excluding steroid dienone is 1. The van der Waals surface area contributed by atoms with Crippen molar-refractivity contribution in [2.24, 2.45) is 0 Å². The van der Waals surface area contributed by atoms with Crippen LogP contribution in [0, 0.1) is 6.57 Å². The van der Waals surface area contributed by atoms with Crippen LogP contribution in [0.25, 0.3) is 4.85 Å². The summed E-state index contributed by atoms with van der Waals surface area (Å²) in [4.78, 5) is 41.5. The second-order valence-electron chi connectivity index (χ2n) is 5.22. The van der Waals surface area contributed by atoms with E-state index in [0.29, 0.717) is 6.42 Å². The highest BCUT2D eigenvalue weighted by molar-refractivity contribution is 7.15. The summed E-state index contributed by atoms with van der Waals surface area (Å²) in [6.45, 7) is 10.9. The maximum Gasteiger partial charge on any atom is 0.261 e. The van der Waals surface area contributed by atoms with Gasteiger partial charge < -0.3 is 0 Å². The van der Waals surface area contributed by atoms with Gasteiger partial charge in [0.25, 0.3) is 16.8 Å². The molecule has 0 saturated heterocycles. The molecule has 1 fully saturated rings. The monoisotopic (exact) mass is 300 g/mol. The molecule has 106 valence electrons. The Kier molecular flexibility index (Phi) is 3.22. The predicted octanol–water partition coefficient (Wildman–Crippen LogP) is 2.96. The van der Waals surface area contributed by atoms with Crippen molar-refractivity contribution < 1.29 is 14.4 Å². The molecule has 21 heavy (non-hydrogen) atoms. The molecule has 1 aliphatic carbocycles. The third kappa shape index (κ3) is 2.01. The lowest BCUT2D eigenvalue weighted by Gasteiger charge is -2.23. The van der Waals surface area contributed by atoms with Crippen LogP contribution >= 0.6 is 11.3 Å². The van der Waals surface area contributed by atoms with Crippen LogP contribution in [-0.2, 0) is 4.79 Å². The minimum atomic E-state index is -0.722. The van der Waals surface area contributed by atoms with Gasteiger partial charge in [-0.15, -0.1) is 0 Å². The van der Waals surface area contributed by atoms with Gasteiger partial charge in [-0.1, -0.05) is 12.2 Å². The molecule has 1 aromatic rings. The van der Waals surface area contributed by atoms with Crippen molar-refractivity contribution in [1.82, 2.24) is 4.90 Å². The van der Waals surface area contributed by atoms with E-state index in [-0.39, 0.29) is 28.3 Å². The van der Waals surface area contributed by atoms with Crippen LogP contribution in [-0.4, -0.2) is 28.5 Å². The zero-order valence-corrected chi connectivity index (χ0v) is 12.0. The number of carbonyl (C=O) groups excluding carboxylic acids is 3. The average molecular weight is 300 g/mol. The number of hydrogen-bond donors (Lipinski definition) is 0. The highest BCUT2D eigenvalue weighted by Gasteiger charge is 2.44. The van der Waals surface area contributed by atoms with Gasteiger partial charge in [0.05, 0.1) is 23.7 Å². The molecular formula is C15H12N2O3S. The molecule has 0 unspecified atom stereocenters. The predicted molar refractivity (Wildman–Crippen MR) is 77.5 cm³/mol. The Bertz CT molecular complexity index is 726. The topological polar surface area (TPSA) is 58.8 Å². The van der Waals surface area contributed by atoms with Crippen LogP contribution < -0.4 is 0 Å². The van der Waals surface area contributed by atoms with Gasteiger partial charge in [0.1, 0.15) is 0 Å². The number of ketones is 1. The molecule has 2 heterocycles. The summed E-state index contributed by atoms with van der Waals surface area (Å²) in [5.74, 6) is -1.10. The Balaban J connectivity index is 1.98. The molecule has 0 spiro atoms. The van der Waals surface area contributed by atoms with Gasteiger partial charge >= 0.3 is 0 Å². The number of carbonyl (C=O) groups is 3. The van der Waals surface area contributed by atoms with Crippen molar-refractivity contribution >= 4 is 33.9 Å². The number of imide groups is 1. The van der Waals surface area contributed by atoms with Crippen molar-refractivity contribution in [1.29, 1.82) is 0 Å². The first-order chi connectivity index (χ1) is 10.0. The Morgan fingerprint density at radius 3 is 2.81 bits per heavy atom. The van der Waals surface area contributed by atoms with Gasteiger partial charge in [-0.05, 0) is 24.6 Å². The lowest BCUT2D eigenvalue weighted by molar-refractivity contribution is -0.122. The van der Waals surface area contributed by atoms with E-state index < -0.39 is 17.9 Å². The smallest absolute Gasteiger partial charge is 0.261 e. The molecular weight excluding hydrogens is 288 g/mol. The molecule has 1 atom stereocenters. The first-order valence-electron chi connectivity index (χ1n) is 6.60. The molecule has 0 aromatic carbocycles. The molecule has 0 bridgehead atoms. The Labute approximate surface area is 125 Å². The van der Waals surface area contributed by atoms with Crippen LogP contribution in [0.5, 0.6) is 0 Å². The molecule has 6 heteroatoms. The molecule has 2 amide bonds. The zero-order valence-electron chi connectivity index (χ0n) is 11.2. The van der Waals surface area contributed by atoms with Crippen LogP contribution in [0.4, 0.5) is 5.00 Å². The fourth-order valence-corrected chi connectivity index (χ4v) is 3.67. The van der Waals surface area contributed by atoms with E-state index in [1.807, 2.05) is 0 Å². The van der Waals surface area contributed by atoms with Crippen molar-refractivity contribution in [3.8, 4) is 0 Å². The molecule has 1 saturated carbocycles. The van der Waals surface area contributed by atoms with Gasteiger partial charge in [0, 0.05) is 6.42 Å². The van der Waals surface area contributed by atoms with E-state index in [2.05, 4.69) is 11.4 Å². The summed E-state index contributed by atoms with van der Waals surface area (Å²) in [7, 11) is 0. The fourth-order valence-electron chi connectivity index (χ4n) is 2.85. The van der Waals surface area contributed by atoms with E-state index in [0.717, 1.165) is 34.7 Å². The van der Waals surface area contributed by atoms with E-state index >= 15 is 0 Å². The van der Waals surface area contributed by atoms with E-state index in [1.165, 1.54) is 5.38 Å². The highest BCUT2D eigenvalue weighted by atomic mass is 32.1. The summed E-state index contributed by atoms with van der Waals surface area (Å²) >= 11 is 1.09.